The van der Waals surface area contributed by atoms with Crippen LogP contribution in [0.5, 0.6) is 0 Å². The lowest BCUT2D eigenvalue weighted by Crippen LogP contribution is -2.51. The fourth-order valence-corrected chi connectivity index (χ4v) is 3.06. The average molecular weight is 308 g/mol. The van der Waals surface area contributed by atoms with Gasteiger partial charge in [0.2, 0.25) is 11.8 Å². The van der Waals surface area contributed by atoms with Crippen LogP contribution in [0.1, 0.15) is 62.7 Å². The van der Waals surface area contributed by atoms with E-state index in [-0.39, 0.29) is 18.0 Å². The van der Waals surface area contributed by atoms with E-state index in [4.69, 9.17) is 9.26 Å². The first kappa shape index (κ1) is 15.4. The predicted molar refractivity (Wildman–Crippen MR) is 79.3 cm³/mol. The van der Waals surface area contributed by atoms with Crippen molar-refractivity contribution in [2.24, 2.45) is 0 Å². The van der Waals surface area contributed by atoms with Gasteiger partial charge in [0, 0.05) is 12.5 Å². The first-order valence-corrected chi connectivity index (χ1v) is 8.19. The Morgan fingerprint density at radius 1 is 1.36 bits per heavy atom. The molecule has 1 aliphatic carbocycles. The first-order valence-electron chi connectivity index (χ1n) is 8.19. The molecule has 2 atom stereocenters. The lowest BCUT2D eigenvalue weighted by atomic mass is 9.89. The van der Waals surface area contributed by atoms with Crippen molar-refractivity contribution in [2.45, 2.75) is 57.0 Å². The second kappa shape index (κ2) is 7.19. The van der Waals surface area contributed by atoms with E-state index < -0.39 is 0 Å². The quantitative estimate of drug-likeness (QED) is 0.871. The molecule has 1 aliphatic heterocycles. The third-order valence-electron chi connectivity index (χ3n) is 4.40. The summed E-state index contributed by atoms with van der Waals surface area (Å²) in [5.41, 5.74) is 0. The Kier molecular flexibility index (Phi) is 5.04. The number of morpholine rings is 1. The number of ether oxygens (including phenoxy) is 1. The molecular weight excluding hydrogens is 284 g/mol. The van der Waals surface area contributed by atoms with E-state index >= 15 is 0 Å². The zero-order chi connectivity index (χ0) is 15.4. The molecular formula is C15H24N4O3. The molecule has 7 heteroatoms. The van der Waals surface area contributed by atoms with Crippen molar-refractivity contribution in [1.82, 2.24) is 20.8 Å². The largest absolute Gasteiger partial charge is 0.378 e. The van der Waals surface area contributed by atoms with Crippen LogP contribution >= 0.6 is 0 Å². The van der Waals surface area contributed by atoms with Gasteiger partial charge in [0.1, 0.15) is 12.1 Å². The lowest BCUT2D eigenvalue weighted by Gasteiger charge is -2.23. The number of hydrogen-bond donors (Lipinski definition) is 2. The molecule has 22 heavy (non-hydrogen) atoms. The van der Waals surface area contributed by atoms with E-state index in [1.54, 1.807) is 0 Å². The highest BCUT2D eigenvalue weighted by Gasteiger charge is 2.26. The number of nitrogens with one attached hydrogen (secondary N) is 2. The van der Waals surface area contributed by atoms with Crippen LogP contribution in [0.15, 0.2) is 4.52 Å². The Bertz CT molecular complexity index is 493. The van der Waals surface area contributed by atoms with Gasteiger partial charge < -0.3 is 19.9 Å². The zero-order valence-electron chi connectivity index (χ0n) is 13.0. The smallest absolute Gasteiger partial charge is 0.248 e. The highest BCUT2D eigenvalue weighted by atomic mass is 16.5. The number of rotatable bonds is 4. The summed E-state index contributed by atoms with van der Waals surface area (Å²) in [6.45, 7) is 3.60. The molecule has 2 heterocycles. The Hall–Kier alpha value is -1.47. The number of carbonyl (C=O) groups is 1. The van der Waals surface area contributed by atoms with Gasteiger partial charge in [-0.1, -0.05) is 24.4 Å². The Balaban J connectivity index is 1.56. The molecule has 122 valence electrons. The van der Waals surface area contributed by atoms with Crippen molar-refractivity contribution in [3.8, 4) is 0 Å². The van der Waals surface area contributed by atoms with Gasteiger partial charge in [-0.15, -0.1) is 0 Å². The van der Waals surface area contributed by atoms with E-state index in [0.717, 1.165) is 18.7 Å². The summed E-state index contributed by atoms with van der Waals surface area (Å²) in [6, 6.07) is -0.599. The van der Waals surface area contributed by atoms with Crippen molar-refractivity contribution in [1.29, 1.82) is 0 Å². The molecule has 2 fully saturated rings. The molecule has 2 unspecified atom stereocenters. The first-order chi connectivity index (χ1) is 10.7. The third-order valence-corrected chi connectivity index (χ3v) is 4.40. The number of aromatic nitrogens is 2. The maximum atomic E-state index is 12.1. The molecule has 2 aliphatic rings. The van der Waals surface area contributed by atoms with Crippen LogP contribution in [0.4, 0.5) is 0 Å². The summed E-state index contributed by atoms with van der Waals surface area (Å²) in [5.74, 6) is 1.58. The van der Waals surface area contributed by atoms with E-state index in [2.05, 4.69) is 20.8 Å². The fourth-order valence-electron chi connectivity index (χ4n) is 3.06. The average Bonchev–Trinajstić information content (AvgIpc) is 3.06. The van der Waals surface area contributed by atoms with Crippen molar-refractivity contribution < 1.29 is 14.1 Å². The topological polar surface area (TPSA) is 89.3 Å². The normalized spacial score (nSPS) is 24.9. The number of carbonyl (C=O) groups excluding carboxylic acids is 1. The Labute approximate surface area is 130 Å². The molecule has 0 spiro atoms. The van der Waals surface area contributed by atoms with Crippen molar-refractivity contribution in [3.05, 3.63) is 11.7 Å². The molecule has 1 saturated heterocycles. The van der Waals surface area contributed by atoms with E-state index in [9.17, 15) is 4.79 Å². The SMILES string of the molecule is CC(NC(=O)C1COCCN1)c1nc(C2CCCCC2)no1. The zero-order valence-corrected chi connectivity index (χ0v) is 13.0. The maximum Gasteiger partial charge on any atom is 0.248 e. The van der Waals surface area contributed by atoms with Gasteiger partial charge in [0.15, 0.2) is 5.82 Å². The molecule has 3 rings (SSSR count). The molecule has 1 saturated carbocycles. The molecule has 0 radical (unpaired) electrons. The minimum Gasteiger partial charge on any atom is -0.378 e. The number of nitrogens with zero attached hydrogens (tertiary/aromatic N) is 2. The monoisotopic (exact) mass is 308 g/mol. The van der Waals surface area contributed by atoms with Crippen molar-refractivity contribution in [2.75, 3.05) is 19.8 Å². The fraction of sp³-hybridized carbons (Fsp3) is 0.800. The third kappa shape index (κ3) is 3.64. The molecule has 1 aromatic heterocycles. The van der Waals surface area contributed by atoms with Crippen molar-refractivity contribution >= 4 is 5.91 Å². The summed E-state index contributed by atoms with van der Waals surface area (Å²) in [5, 5.41) is 10.1. The minimum atomic E-state index is -0.308. The second-order valence-corrected chi connectivity index (χ2v) is 6.14. The lowest BCUT2D eigenvalue weighted by molar-refractivity contribution is -0.126. The number of amides is 1. The molecule has 2 N–H and O–H groups in total. The number of hydrogen-bond acceptors (Lipinski definition) is 6. The Morgan fingerprint density at radius 2 is 2.18 bits per heavy atom. The maximum absolute atomic E-state index is 12.1. The van der Waals surface area contributed by atoms with Crippen LogP contribution in [0, 0.1) is 0 Å². The summed E-state index contributed by atoms with van der Waals surface area (Å²) >= 11 is 0. The summed E-state index contributed by atoms with van der Waals surface area (Å²) in [7, 11) is 0. The highest BCUT2D eigenvalue weighted by molar-refractivity contribution is 5.82. The molecule has 7 nitrogen and oxygen atoms in total. The molecule has 1 aromatic rings. The second-order valence-electron chi connectivity index (χ2n) is 6.14. The van der Waals surface area contributed by atoms with Crippen LogP contribution in [0.2, 0.25) is 0 Å². The molecule has 1 amide bonds. The van der Waals surface area contributed by atoms with Gasteiger partial charge in [-0.2, -0.15) is 4.98 Å². The summed E-state index contributed by atoms with van der Waals surface area (Å²) < 4.78 is 10.6. The molecule has 0 bridgehead atoms. The van der Waals surface area contributed by atoms with Crippen LogP contribution < -0.4 is 10.6 Å². The highest BCUT2D eigenvalue weighted by Crippen LogP contribution is 2.31. The van der Waals surface area contributed by atoms with Gasteiger partial charge in [0.25, 0.3) is 0 Å². The van der Waals surface area contributed by atoms with E-state index in [1.165, 1.54) is 19.3 Å². The van der Waals surface area contributed by atoms with Gasteiger partial charge in [-0.3, -0.25) is 4.79 Å². The van der Waals surface area contributed by atoms with Gasteiger partial charge in [-0.25, -0.2) is 0 Å². The Morgan fingerprint density at radius 3 is 2.91 bits per heavy atom. The van der Waals surface area contributed by atoms with Gasteiger partial charge in [-0.05, 0) is 19.8 Å². The summed E-state index contributed by atoms with van der Waals surface area (Å²) in [4.78, 5) is 16.6. The predicted octanol–water partition coefficient (Wildman–Crippen LogP) is 1.28. The van der Waals surface area contributed by atoms with E-state index in [0.29, 0.717) is 31.6 Å². The van der Waals surface area contributed by atoms with E-state index in [1.807, 2.05) is 6.92 Å². The summed E-state index contributed by atoms with van der Waals surface area (Å²) in [6.07, 6.45) is 6.01. The van der Waals surface area contributed by atoms with Gasteiger partial charge >= 0.3 is 0 Å². The van der Waals surface area contributed by atoms with Gasteiger partial charge in [0.05, 0.1) is 13.2 Å². The minimum absolute atomic E-state index is 0.0929. The van der Waals surface area contributed by atoms with Crippen LogP contribution in [-0.4, -0.2) is 41.8 Å². The van der Waals surface area contributed by atoms with Crippen molar-refractivity contribution in [3.63, 3.8) is 0 Å². The van der Waals surface area contributed by atoms with Crippen LogP contribution in [0.3, 0.4) is 0 Å². The molecule has 0 aromatic carbocycles. The van der Waals surface area contributed by atoms with Crippen LogP contribution in [-0.2, 0) is 9.53 Å². The van der Waals surface area contributed by atoms with Crippen LogP contribution in [0.25, 0.3) is 0 Å². The standard InChI is InChI=1S/C15H24N4O3/c1-10(17-14(20)12-9-21-8-7-16-12)15-18-13(19-22-15)11-5-3-2-4-6-11/h10-12,16H,2-9H2,1H3,(H,17,20).